The van der Waals surface area contributed by atoms with Crippen molar-refractivity contribution in [3.05, 3.63) is 83.8 Å². The molecule has 4 rings (SSSR count). The van der Waals surface area contributed by atoms with Crippen molar-refractivity contribution in [3.8, 4) is 0 Å². The monoisotopic (exact) mass is 386 g/mol. The van der Waals surface area contributed by atoms with Crippen LogP contribution in [-0.2, 0) is 7.05 Å². The van der Waals surface area contributed by atoms with Crippen molar-refractivity contribution in [2.24, 2.45) is 12.8 Å². The molecule has 0 spiro atoms. The van der Waals surface area contributed by atoms with Crippen molar-refractivity contribution >= 4 is 40.7 Å². The lowest BCUT2D eigenvalue weighted by Gasteiger charge is -2.06. The predicted octanol–water partition coefficient (Wildman–Crippen LogP) is 4.39. The van der Waals surface area contributed by atoms with Crippen LogP contribution >= 0.6 is 11.8 Å². The van der Waals surface area contributed by atoms with E-state index in [0.29, 0.717) is 5.56 Å². The molecule has 2 aromatic carbocycles. The van der Waals surface area contributed by atoms with Crippen LogP contribution in [0.3, 0.4) is 0 Å². The number of aryl methyl sites for hydroxylation is 1. The fourth-order valence-corrected chi connectivity index (χ4v) is 3.96. The average molecular weight is 386 g/mol. The van der Waals surface area contributed by atoms with E-state index in [1.54, 1.807) is 12.3 Å². The Balaban J connectivity index is 1.67. The lowest BCUT2D eigenvalue weighted by molar-refractivity contribution is 0.0997. The number of amides is 1. The number of fused-ring (bicyclic) bond motifs is 1. The summed E-state index contributed by atoms with van der Waals surface area (Å²) in [6, 6.07) is 19.3. The molecule has 2 heterocycles. The van der Waals surface area contributed by atoms with E-state index in [2.05, 4.69) is 22.2 Å². The average Bonchev–Trinajstić information content (AvgIpc) is 3.03. The van der Waals surface area contributed by atoms with E-state index in [9.17, 15) is 4.79 Å². The van der Waals surface area contributed by atoms with E-state index >= 15 is 0 Å². The second-order valence-corrected chi connectivity index (χ2v) is 7.35. The van der Waals surface area contributed by atoms with E-state index in [0.717, 1.165) is 32.1 Å². The molecule has 28 heavy (non-hydrogen) atoms. The van der Waals surface area contributed by atoms with Gasteiger partial charge in [-0.05, 0) is 54.6 Å². The predicted molar refractivity (Wildman–Crippen MR) is 113 cm³/mol. The molecule has 0 fully saturated rings. The maximum Gasteiger partial charge on any atom is 0.249 e. The minimum absolute atomic E-state index is 0.424. The second kappa shape index (κ2) is 7.70. The quantitative estimate of drug-likeness (QED) is 0.552. The Morgan fingerprint density at radius 1 is 1.07 bits per heavy atom. The number of nitrogens with zero attached hydrogens (tertiary/aromatic N) is 3. The third-order valence-corrected chi connectivity index (χ3v) is 5.40. The molecule has 1 amide bonds. The van der Waals surface area contributed by atoms with Gasteiger partial charge in [0, 0.05) is 28.4 Å². The maximum atomic E-state index is 11.7. The van der Waals surface area contributed by atoms with E-state index in [-0.39, 0.29) is 0 Å². The summed E-state index contributed by atoms with van der Waals surface area (Å²) in [4.78, 5) is 17.8. The lowest BCUT2D eigenvalue weighted by atomic mass is 10.2. The third-order valence-electron chi connectivity index (χ3n) is 4.33. The Morgan fingerprint density at radius 2 is 1.89 bits per heavy atom. The first-order valence-corrected chi connectivity index (χ1v) is 9.56. The van der Waals surface area contributed by atoms with Gasteiger partial charge in [0.1, 0.15) is 0 Å². The van der Waals surface area contributed by atoms with E-state index in [1.165, 1.54) is 11.8 Å². The van der Waals surface area contributed by atoms with Crippen LogP contribution in [0.4, 0.5) is 0 Å². The lowest BCUT2D eigenvalue weighted by Crippen LogP contribution is -2.11. The molecule has 0 aliphatic rings. The summed E-state index contributed by atoms with van der Waals surface area (Å²) in [7, 11) is 1.92. The summed E-state index contributed by atoms with van der Waals surface area (Å²) in [5.74, 6) is -0.424. The van der Waals surface area contributed by atoms with Gasteiger partial charge in [-0.2, -0.15) is 5.10 Å². The van der Waals surface area contributed by atoms with Gasteiger partial charge in [-0.3, -0.25) is 14.5 Å². The smallest absolute Gasteiger partial charge is 0.249 e. The van der Waals surface area contributed by atoms with E-state index in [4.69, 9.17) is 5.73 Å². The minimum Gasteiger partial charge on any atom is -0.366 e. The highest BCUT2D eigenvalue weighted by Gasteiger charge is 2.11. The highest BCUT2D eigenvalue weighted by molar-refractivity contribution is 7.99. The fourth-order valence-electron chi connectivity index (χ4n) is 2.98. The largest absolute Gasteiger partial charge is 0.366 e. The summed E-state index contributed by atoms with van der Waals surface area (Å²) in [6.45, 7) is 0. The molecule has 0 bridgehead atoms. The van der Waals surface area contributed by atoms with Crippen LogP contribution in [0.15, 0.2) is 76.7 Å². The SMILES string of the molecule is Cn1nc(/C=C/c2ccccn2)c2ccc(Sc3ccccc3C(N)=O)cc21. The fraction of sp³-hybridized carbons (Fsp3) is 0.0455. The van der Waals surface area contributed by atoms with Gasteiger partial charge in [0.05, 0.1) is 22.5 Å². The summed E-state index contributed by atoms with van der Waals surface area (Å²) in [6.07, 6.45) is 5.69. The zero-order chi connectivity index (χ0) is 19.5. The summed E-state index contributed by atoms with van der Waals surface area (Å²) < 4.78 is 1.86. The summed E-state index contributed by atoms with van der Waals surface area (Å²) >= 11 is 1.52. The van der Waals surface area contributed by atoms with Crippen LogP contribution in [0.1, 0.15) is 21.7 Å². The molecule has 138 valence electrons. The summed E-state index contributed by atoms with van der Waals surface area (Å²) in [5, 5.41) is 5.68. The second-order valence-electron chi connectivity index (χ2n) is 6.24. The molecule has 5 nitrogen and oxygen atoms in total. The van der Waals surface area contributed by atoms with Gasteiger partial charge in [-0.1, -0.05) is 30.0 Å². The first kappa shape index (κ1) is 18.0. The molecule has 0 aliphatic heterocycles. The van der Waals surface area contributed by atoms with Gasteiger partial charge in [0.2, 0.25) is 5.91 Å². The van der Waals surface area contributed by atoms with Crippen LogP contribution in [-0.4, -0.2) is 20.7 Å². The first-order chi connectivity index (χ1) is 13.6. The zero-order valence-corrected chi connectivity index (χ0v) is 16.1. The molecule has 4 aromatic rings. The van der Waals surface area contributed by atoms with Crippen LogP contribution in [0.2, 0.25) is 0 Å². The Bertz CT molecular complexity index is 1180. The molecule has 2 aromatic heterocycles. The van der Waals surface area contributed by atoms with E-state index in [1.807, 2.05) is 66.3 Å². The van der Waals surface area contributed by atoms with Crippen molar-refractivity contribution in [2.75, 3.05) is 0 Å². The number of carbonyl (C=O) groups is 1. The van der Waals surface area contributed by atoms with Crippen molar-refractivity contribution < 1.29 is 4.79 Å². The maximum absolute atomic E-state index is 11.7. The molecule has 0 aliphatic carbocycles. The Labute approximate surface area is 166 Å². The van der Waals surface area contributed by atoms with E-state index < -0.39 is 5.91 Å². The Kier molecular flexibility index (Phi) is 4.95. The van der Waals surface area contributed by atoms with Gasteiger partial charge in [0.25, 0.3) is 0 Å². The molecule has 0 saturated carbocycles. The highest BCUT2D eigenvalue weighted by atomic mass is 32.2. The minimum atomic E-state index is -0.424. The van der Waals surface area contributed by atoms with Crippen molar-refractivity contribution in [2.45, 2.75) is 9.79 Å². The van der Waals surface area contributed by atoms with Gasteiger partial charge >= 0.3 is 0 Å². The van der Waals surface area contributed by atoms with Gasteiger partial charge < -0.3 is 5.73 Å². The number of nitrogens with two attached hydrogens (primary N) is 1. The van der Waals surface area contributed by atoms with Crippen molar-refractivity contribution in [1.82, 2.24) is 14.8 Å². The molecule has 6 heteroatoms. The molecular formula is C22H18N4OS. The Hall–Kier alpha value is -3.38. The molecule has 0 radical (unpaired) electrons. The Morgan fingerprint density at radius 3 is 2.68 bits per heavy atom. The number of rotatable bonds is 5. The zero-order valence-electron chi connectivity index (χ0n) is 15.2. The van der Waals surface area contributed by atoms with Crippen molar-refractivity contribution in [1.29, 1.82) is 0 Å². The van der Waals surface area contributed by atoms with Crippen LogP contribution in [0.5, 0.6) is 0 Å². The number of carbonyl (C=O) groups excluding carboxylic acids is 1. The number of hydrogen-bond acceptors (Lipinski definition) is 4. The molecular weight excluding hydrogens is 368 g/mol. The molecule has 0 unspecified atom stereocenters. The molecule has 0 saturated heterocycles. The van der Waals surface area contributed by atoms with Crippen LogP contribution in [0.25, 0.3) is 23.1 Å². The topological polar surface area (TPSA) is 73.8 Å². The third kappa shape index (κ3) is 3.68. The van der Waals surface area contributed by atoms with Gasteiger partial charge in [-0.15, -0.1) is 0 Å². The van der Waals surface area contributed by atoms with Crippen LogP contribution in [0, 0.1) is 0 Å². The molecule has 2 N–H and O–H groups in total. The highest BCUT2D eigenvalue weighted by Crippen LogP contribution is 2.33. The van der Waals surface area contributed by atoms with Gasteiger partial charge in [0.15, 0.2) is 0 Å². The normalized spacial score (nSPS) is 11.3. The molecule has 0 atom stereocenters. The number of primary amides is 1. The number of aromatic nitrogens is 3. The number of pyridine rings is 1. The number of benzene rings is 2. The summed E-state index contributed by atoms with van der Waals surface area (Å²) in [5.41, 5.74) is 8.80. The van der Waals surface area contributed by atoms with Gasteiger partial charge in [-0.25, -0.2) is 0 Å². The standard InChI is InChI=1S/C22H18N4OS/c1-26-20-14-16(28-21-8-3-2-7-18(21)22(23)27)10-11-17(20)19(25-26)12-9-15-6-4-5-13-24-15/h2-14H,1H3,(H2,23,27)/b12-9+. The number of hydrogen-bond donors (Lipinski definition) is 1. The van der Waals surface area contributed by atoms with Crippen molar-refractivity contribution in [3.63, 3.8) is 0 Å². The van der Waals surface area contributed by atoms with Crippen LogP contribution < -0.4 is 5.73 Å². The first-order valence-electron chi connectivity index (χ1n) is 8.74.